The Morgan fingerprint density at radius 3 is 2.47 bits per heavy atom. The monoisotopic (exact) mass is 255 g/mol. The van der Waals surface area contributed by atoms with E-state index in [-0.39, 0.29) is 17.1 Å². The van der Waals surface area contributed by atoms with Crippen LogP contribution in [0.5, 0.6) is 11.5 Å². The highest BCUT2D eigenvalue weighted by Gasteiger charge is 2.08. The highest BCUT2D eigenvalue weighted by Crippen LogP contribution is 2.31. The van der Waals surface area contributed by atoms with E-state index in [4.69, 9.17) is 4.74 Å². The number of benzene rings is 1. The predicted octanol–water partition coefficient (Wildman–Crippen LogP) is 2.78. The molecule has 0 bridgehead atoms. The van der Waals surface area contributed by atoms with Gasteiger partial charge in [0, 0.05) is 12.4 Å². The zero-order valence-corrected chi connectivity index (χ0v) is 10.4. The van der Waals surface area contributed by atoms with Crippen molar-refractivity contribution in [2.24, 2.45) is 0 Å². The average molecular weight is 255 g/mol. The largest absolute Gasteiger partial charge is 0.504 e. The molecule has 0 spiro atoms. The molecule has 0 aliphatic rings. The van der Waals surface area contributed by atoms with Gasteiger partial charge in [0.2, 0.25) is 0 Å². The topological polar surface area (TPSA) is 59.4 Å². The van der Waals surface area contributed by atoms with Crippen LogP contribution in [0.25, 0.3) is 12.2 Å². The van der Waals surface area contributed by atoms with Gasteiger partial charge < -0.3 is 9.84 Å². The summed E-state index contributed by atoms with van der Waals surface area (Å²) < 4.78 is 5.03. The van der Waals surface area contributed by atoms with Crippen LogP contribution in [0.1, 0.15) is 21.5 Å². The molecule has 0 saturated carbocycles. The molecule has 1 aromatic heterocycles. The van der Waals surface area contributed by atoms with E-state index in [1.54, 1.807) is 24.5 Å². The molecule has 0 aliphatic heterocycles. The Labute approximate surface area is 111 Å². The summed E-state index contributed by atoms with van der Waals surface area (Å²) in [6.45, 7) is 0. The van der Waals surface area contributed by atoms with E-state index < -0.39 is 0 Å². The number of aldehydes is 1. The summed E-state index contributed by atoms with van der Waals surface area (Å²) in [6, 6.07) is 7.01. The van der Waals surface area contributed by atoms with Crippen molar-refractivity contribution >= 4 is 18.4 Å². The van der Waals surface area contributed by atoms with Gasteiger partial charge in [-0.3, -0.25) is 9.78 Å². The summed E-state index contributed by atoms with van der Waals surface area (Å²) in [7, 11) is 1.44. The minimum atomic E-state index is -0.140. The van der Waals surface area contributed by atoms with Gasteiger partial charge in [-0.1, -0.05) is 12.2 Å². The van der Waals surface area contributed by atoms with Gasteiger partial charge in [0.15, 0.2) is 17.8 Å². The van der Waals surface area contributed by atoms with Crippen LogP contribution < -0.4 is 4.74 Å². The molecule has 0 saturated heterocycles. The first-order valence-corrected chi connectivity index (χ1v) is 5.69. The molecule has 4 nitrogen and oxygen atoms in total. The highest BCUT2D eigenvalue weighted by atomic mass is 16.5. The Balaban J connectivity index is 2.35. The smallest absolute Gasteiger partial charge is 0.168 e. The summed E-state index contributed by atoms with van der Waals surface area (Å²) in [6.07, 6.45) is 7.73. The van der Waals surface area contributed by atoms with Crippen LogP contribution >= 0.6 is 0 Å². The number of nitrogens with zero attached hydrogens (tertiary/aromatic N) is 1. The molecular weight excluding hydrogens is 242 g/mol. The second-order valence-corrected chi connectivity index (χ2v) is 3.89. The molecule has 2 rings (SSSR count). The number of pyridine rings is 1. The van der Waals surface area contributed by atoms with Crippen molar-refractivity contribution in [1.29, 1.82) is 0 Å². The van der Waals surface area contributed by atoms with Crippen molar-refractivity contribution in [3.8, 4) is 11.5 Å². The molecule has 19 heavy (non-hydrogen) atoms. The molecular formula is C15H13NO3. The molecule has 0 aliphatic carbocycles. The number of phenolic OH excluding ortho intramolecular Hbond substituents is 1. The fraction of sp³-hybridized carbons (Fsp3) is 0.0667. The zero-order chi connectivity index (χ0) is 13.7. The molecule has 2 aromatic rings. The van der Waals surface area contributed by atoms with Gasteiger partial charge >= 0.3 is 0 Å². The van der Waals surface area contributed by atoms with Gasteiger partial charge in [-0.2, -0.15) is 0 Å². The van der Waals surface area contributed by atoms with E-state index in [1.807, 2.05) is 24.3 Å². The van der Waals surface area contributed by atoms with Gasteiger partial charge in [0.25, 0.3) is 0 Å². The normalized spacial score (nSPS) is 10.6. The van der Waals surface area contributed by atoms with Crippen LogP contribution in [-0.2, 0) is 0 Å². The summed E-state index contributed by atoms with van der Waals surface area (Å²) in [5, 5.41) is 9.71. The maximum Gasteiger partial charge on any atom is 0.168 e. The van der Waals surface area contributed by atoms with E-state index in [2.05, 4.69) is 4.98 Å². The molecule has 0 radical (unpaired) electrons. The number of methoxy groups -OCH3 is 1. The van der Waals surface area contributed by atoms with E-state index in [9.17, 15) is 9.90 Å². The number of phenols is 1. The second-order valence-electron chi connectivity index (χ2n) is 3.89. The number of rotatable bonds is 4. The number of aromatic hydroxyl groups is 1. The third-order valence-corrected chi connectivity index (χ3v) is 2.65. The molecule has 0 atom stereocenters. The maximum absolute atomic E-state index is 10.9. The lowest BCUT2D eigenvalue weighted by atomic mass is 10.1. The van der Waals surface area contributed by atoms with Crippen molar-refractivity contribution in [1.82, 2.24) is 4.98 Å². The lowest BCUT2D eigenvalue weighted by molar-refractivity contribution is 0.112. The summed E-state index contributed by atoms with van der Waals surface area (Å²) >= 11 is 0. The van der Waals surface area contributed by atoms with E-state index in [0.29, 0.717) is 6.29 Å². The number of carbonyl (C=O) groups excluding carboxylic acids is 1. The molecule has 1 heterocycles. The van der Waals surface area contributed by atoms with Crippen LogP contribution in [-0.4, -0.2) is 23.5 Å². The van der Waals surface area contributed by atoms with Crippen LogP contribution in [0.15, 0.2) is 36.7 Å². The van der Waals surface area contributed by atoms with Gasteiger partial charge in [-0.15, -0.1) is 0 Å². The molecule has 0 amide bonds. The molecule has 0 fully saturated rings. The first-order valence-electron chi connectivity index (χ1n) is 5.69. The second kappa shape index (κ2) is 5.82. The van der Waals surface area contributed by atoms with E-state index in [1.165, 1.54) is 7.11 Å². The Bertz CT molecular complexity index is 606. The Morgan fingerprint density at radius 2 is 1.84 bits per heavy atom. The minimum Gasteiger partial charge on any atom is -0.504 e. The first kappa shape index (κ1) is 12.8. The molecule has 1 aromatic carbocycles. The fourth-order valence-electron chi connectivity index (χ4n) is 1.66. The Hall–Kier alpha value is -2.62. The lowest BCUT2D eigenvalue weighted by Gasteiger charge is -2.06. The van der Waals surface area contributed by atoms with Gasteiger partial charge in [-0.25, -0.2) is 0 Å². The van der Waals surface area contributed by atoms with Crippen LogP contribution in [0.4, 0.5) is 0 Å². The SMILES string of the molecule is COc1cc(C=Cc2ccncc2)cc(C=O)c1O. The van der Waals surface area contributed by atoms with Crippen LogP contribution in [0.3, 0.4) is 0 Å². The molecule has 96 valence electrons. The quantitative estimate of drug-likeness (QED) is 0.853. The van der Waals surface area contributed by atoms with Crippen LogP contribution in [0, 0.1) is 0 Å². The van der Waals surface area contributed by atoms with Crippen molar-refractivity contribution in [2.45, 2.75) is 0 Å². The van der Waals surface area contributed by atoms with Crippen molar-refractivity contribution in [3.63, 3.8) is 0 Å². The Morgan fingerprint density at radius 1 is 1.16 bits per heavy atom. The Kier molecular flexibility index (Phi) is 3.93. The average Bonchev–Trinajstić information content (AvgIpc) is 2.47. The summed E-state index contributed by atoms with van der Waals surface area (Å²) in [5.74, 6) is 0.137. The third kappa shape index (κ3) is 2.98. The molecule has 0 unspecified atom stereocenters. The van der Waals surface area contributed by atoms with Crippen LogP contribution in [0.2, 0.25) is 0 Å². The minimum absolute atomic E-state index is 0.140. The van der Waals surface area contributed by atoms with Crippen molar-refractivity contribution in [3.05, 3.63) is 53.3 Å². The standard InChI is InChI=1S/C15H13NO3/c1-19-14-9-12(8-13(10-17)15(14)18)3-2-11-4-6-16-7-5-11/h2-10,18H,1H3. The summed E-state index contributed by atoms with van der Waals surface area (Å²) in [4.78, 5) is 14.8. The number of hydrogen-bond acceptors (Lipinski definition) is 4. The van der Waals surface area contributed by atoms with Gasteiger partial charge in [0.1, 0.15) is 0 Å². The lowest BCUT2D eigenvalue weighted by Crippen LogP contribution is -1.90. The third-order valence-electron chi connectivity index (χ3n) is 2.65. The van der Waals surface area contributed by atoms with E-state index in [0.717, 1.165) is 11.1 Å². The molecule has 1 N–H and O–H groups in total. The van der Waals surface area contributed by atoms with Crippen molar-refractivity contribution < 1.29 is 14.6 Å². The number of ether oxygens (including phenoxy) is 1. The van der Waals surface area contributed by atoms with E-state index >= 15 is 0 Å². The summed E-state index contributed by atoms with van der Waals surface area (Å²) in [5.41, 5.74) is 1.97. The number of hydrogen-bond donors (Lipinski definition) is 1. The van der Waals surface area contributed by atoms with Gasteiger partial charge in [0.05, 0.1) is 12.7 Å². The maximum atomic E-state index is 10.9. The molecule has 4 heteroatoms. The fourth-order valence-corrected chi connectivity index (χ4v) is 1.66. The number of aromatic nitrogens is 1. The highest BCUT2D eigenvalue weighted by molar-refractivity contribution is 5.84. The number of carbonyl (C=O) groups is 1. The predicted molar refractivity (Wildman–Crippen MR) is 73.2 cm³/mol. The van der Waals surface area contributed by atoms with Gasteiger partial charge in [-0.05, 0) is 35.4 Å². The zero-order valence-electron chi connectivity index (χ0n) is 10.4. The first-order chi connectivity index (χ1) is 9.24. The van der Waals surface area contributed by atoms with Crippen molar-refractivity contribution in [2.75, 3.05) is 7.11 Å².